The van der Waals surface area contributed by atoms with Gasteiger partial charge in [0.1, 0.15) is 6.04 Å². The maximum absolute atomic E-state index is 13.1. The van der Waals surface area contributed by atoms with Crippen molar-refractivity contribution in [3.05, 3.63) is 58.6 Å². The molecule has 1 atom stereocenters. The molecule has 0 aromatic heterocycles. The van der Waals surface area contributed by atoms with E-state index in [9.17, 15) is 18.0 Å². The Kier molecular flexibility index (Phi) is 6.55. The number of fused-ring (bicyclic) bond motifs is 1. The SMILES string of the molecule is CC(=O)N1c2ccc(S(=O)(=O)N3CCCCC3)cc2CC1C(=O)NCc1ccccc1Cl. The first-order chi connectivity index (χ1) is 15.3. The average Bonchev–Trinajstić information content (AvgIpc) is 3.18. The van der Waals surface area contributed by atoms with E-state index in [0.717, 1.165) is 24.8 Å². The largest absolute Gasteiger partial charge is 0.350 e. The normalized spacial score (nSPS) is 18.9. The summed E-state index contributed by atoms with van der Waals surface area (Å²) in [6, 6.07) is 11.3. The Bertz CT molecular complexity index is 1150. The molecule has 9 heteroatoms. The number of piperidine rings is 1. The molecular weight excluding hydrogens is 450 g/mol. The second-order valence-electron chi connectivity index (χ2n) is 8.17. The van der Waals surface area contributed by atoms with E-state index in [4.69, 9.17) is 11.6 Å². The van der Waals surface area contributed by atoms with E-state index in [-0.39, 0.29) is 29.7 Å². The van der Waals surface area contributed by atoms with E-state index in [2.05, 4.69) is 5.32 Å². The van der Waals surface area contributed by atoms with Gasteiger partial charge in [0.15, 0.2) is 0 Å². The standard InChI is InChI=1S/C23H26ClN3O4S/c1-16(28)27-21-10-9-19(32(30,31)26-11-5-2-6-12-26)13-18(21)14-22(27)23(29)25-15-17-7-3-4-8-20(17)24/h3-4,7-10,13,22H,2,5-6,11-12,14-15H2,1H3,(H,25,29). The van der Waals surface area contributed by atoms with E-state index >= 15 is 0 Å². The number of amides is 2. The predicted molar refractivity (Wildman–Crippen MR) is 123 cm³/mol. The molecule has 2 aliphatic heterocycles. The smallest absolute Gasteiger partial charge is 0.243 e. The fourth-order valence-corrected chi connectivity index (χ4v) is 6.15. The van der Waals surface area contributed by atoms with E-state index in [1.54, 1.807) is 18.2 Å². The Balaban J connectivity index is 1.55. The molecule has 1 saturated heterocycles. The minimum atomic E-state index is -3.60. The summed E-state index contributed by atoms with van der Waals surface area (Å²) in [6.07, 6.45) is 3.01. The van der Waals surface area contributed by atoms with Gasteiger partial charge in [-0.1, -0.05) is 36.2 Å². The van der Waals surface area contributed by atoms with Crippen LogP contribution in [0.1, 0.15) is 37.3 Å². The van der Waals surface area contributed by atoms with E-state index < -0.39 is 16.1 Å². The lowest BCUT2D eigenvalue weighted by molar-refractivity contribution is -0.125. The highest BCUT2D eigenvalue weighted by molar-refractivity contribution is 7.89. The van der Waals surface area contributed by atoms with Crippen LogP contribution in [0.4, 0.5) is 5.69 Å². The number of carbonyl (C=O) groups excluding carboxylic acids is 2. The molecule has 1 N–H and O–H groups in total. The Morgan fingerprint density at radius 1 is 1.09 bits per heavy atom. The Morgan fingerprint density at radius 2 is 1.81 bits per heavy atom. The summed E-state index contributed by atoms with van der Waals surface area (Å²) >= 11 is 6.17. The first-order valence-corrected chi connectivity index (χ1v) is 12.5. The fraction of sp³-hybridized carbons (Fsp3) is 0.391. The molecule has 2 aromatic carbocycles. The Morgan fingerprint density at radius 3 is 2.50 bits per heavy atom. The number of halogens is 1. The van der Waals surface area contributed by atoms with Crippen LogP contribution in [-0.4, -0.2) is 43.7 Å². The molecule has 2 aliphatic rings. The van der Waals surface area contributed by atoms with Crippen LogP contribution in [0, 0.1) is 0 Å². The minimum Gasteiger partial charge on any atom is -0.350 e. The summed E-state index contributed by atoms with van der Waals surface area (Å²) in [5, 5.41) is 3.41. The van der Waals surface area contributed by atoms with Gasteiger partial charge in [0, 0.05) is 43.7 Å². The number of rotatable bonds is 5. The summed E-state index contributed by atoms with van der Waals surface area (Å²) in [4.78, 5) is 27.0. The summed E-state index contributed by atoms with van der Waals surface area (Å²) < 4.78 is 27.6. The molecule has 0 bridgehead atoms. The van der Waals surface area contributed by atoms with Crippen molar-refractivity contribution in [3.8, 4) is 0 Å². The van der Waals surface area contributed by atoms with Crippen LogP contribution in [0.3, 0.4) is 0 Å². The van der Waals surface area contributed by atoms with E-state index in [1.165, 1.54) is 22.2 Å². The van der Waals surface area contributed by atoms with Crippen LogP contribution < -0.4 is 10.2 Å². The molecule has 2 amide bonds. The van der Waals surface area contributed by atoms with Crippen molar-refractivity contribution < 1.29 is 18.0 Å². The van der Waals surface area contributed by atoms with E-state index in [1.807, 2.05) is 18.2 Å². The van der Waals surface area contributed by atoms with Crippen LogP contribution in [0.25, 0.3) is 0 Å². The van der Waals surface area contributed by atoms with Crippen molar-refractivity contribution in [1.29, 1.82) is 0 Å². The zero-order valence-corrected chi connectivity index (χ0v) is 19.5. The minimum absolute atomic E-state index is 0.207. The van der Waals surface area contributed by atoms with Gasteiger partial charge in [0.25, 0.3) is 0 Å². The van der Waals surface area contributed by atoms with Gasteiger partial charge in [-0.2, -0.15) is 4.31 Å². The maximum Gasteiger partial charge on any atom is 0.243 e. The molecule has 0 spiro atoms. The van der Waals surface area contributed by atoms with Crippen molar-refractivity contribution in [1.82, 2.24) is 9.62 Å². The lowest BCUT2D eigenvalue weighted by Gasteiger charge is -2.26. The second kappa shape index (κ2) is 9.21. The first kappa shape index (κ1) is 22.8. The van der Waals surface area contributed by atoms with Gasteiger partial charge < -0.3 is 5.32 Å². The van der Waals surface area contributed by atoms with Crippen LogP contribution in [0.15, 0.2) is 47.4 Å². The lowest BCUT2D eigenvalue weighted by Crippen LogP contribution is -2.47. The monoisotopic (exact) mass is 475 g/mol. The maximum atomic E-state index is 13.1. The number of sulfonamides is 1. The molecule has 1 fully saturated rings. The molecule has 32 heavy (non-hydrogen) atoms. The molecule has 0 saturated carbocycles. The van der Waals surface area contributed by atoms with Gasteiger partial charge in [-0.3, -0.25) is 14.5 Å². The molecule has 170 valence electrons. The van der Waals surface area contributed by atoms with Crippen molar-refractivity contribution >= 4 is 39.1 Å². The summed E-state index contributed by atoms with van der Waals surface area (Å²) in [7, 11) is -3.60. The molecule has 4 rings (SSSR count). The molecule has 1 unspecified atom stereocenters. The molecule has 0 radical (unpaired) electrons. The van der Waals surface area contributed by atoms with Crippen molar-refractivity contribution in [3.63, 3.8) is 0 Å². The van der Waals surface area contributed by atoms with Crippen LogP contribution >= 0.6 is 11.6 Å². The number of anilines is 1. The molecular formula is C23H26ClN3O4S. The zero-order chi connectivity index (χ0) is 22.9. The number of hydrogen-bond donors (Lipinski definition) is 1. The number of carbonyl (C=O) groups is 2. The van der Waals surface area contributed by atoms with Gasteiger partial charge >= 0.3 is 0 Å². The number of benzene rings is 2. The molecule has 2 aromatic rings. The third-order valence-corrected chi connectivity index (χ3v) is 8.30. The van der Waals surface area contributed by atoms with Crippen molar-refractivity contribution in [2.24, 2.45) is 0 Å². The number of hydrogen-bond acceptors (Lipinski definition) is 4. The van der Waals surface area contributed by atoms with Gasteiger partial charge in [0.05, 0.1) is 4.90 Å². The number of nitrogens with zero attached hydrogens (tertiary/aromatic N) is 2. The van der Waals surface area contributed by atoms with Crippen molar-refractivity contribution in [2.75, 3.05) is 18.0 Å². The molecule has 2 heterocycles. The quantitative estimate of drug-likeness (QED) is 0.719. The lowest BCUT2D eigenvalue weighted by atomic mass is 10.1. The predicted octanol–water partition coefficient (Wildman–Crippen LogP) is 3.11. The Labute approximate surface area is 193 Å². The van der Waals surface area contributed by atoms with Gasteiger partial charge in [-0.25, -0.2) is 8.42 Å². The van der Waals surface area contributed by atoms with Gasteiger partial charge in [-0.05, 0) is 48.2 Å². The fourth-order valence-electron chi connectivity index (χ4n) is 4.38. The Hall–Kier alpha value is -2.42. The molecule has 7 nitrogen and oxygen atoms in total. The van der Waals surface area contributed by atoms with Crippen LogP contribution in [0.2, 0.25) is 5.02 Å². The van der Waals surface area contributed by atoms with E-state index in [0.29, 0.717) is 29.4 Å². The van der Waals surface area contributed by atoms with Crippen LogP contribution in [0.5, 0.6) is 0 Å². The highest BCUT2D eigenvalue weighted by Gasteiger charge is 2.38. The summed E-state index contributed by atoms with van der Waals surface area (Å²) in [5.41, 5.74) is 2.03. The van der Waals surface area contributed by atoms with Crippen LogP contribution in [-0.2, 0) is 32.6 Å². The third kappa shape index (κ3) is 4.40. The first-order valence-electron chi connectivity index (χ1n) is 10.7. The van der Waals surface area contributed by atoms with Crippen molar-refractivity contribution in [2.45, 2.75) is 50.1 Å². The topological polar surface area (TPSA) is 86.8 Å². The third-order valence-electron chi connectivity index (χ3n) is 6.04. The number of nitrogens with one attached hydrogen (secondary N) is 1. The van der Waals surface area contributed by atoms with Gasteiger partial charge in [-0.15, -0.1) is 0 Å². The zero-order valence-electron chi connectivity index (χ0n) is 17.9. The highest BCUT2D eigenvalue weighted by Crippen LogP contribution is 2.35. The summed E-state index contributed by atoms with van der Waals surface area (Å²) in [6.45, 7) is 2.69. The highest BCUT2D eigenvalue weighted by atomic mass is 35.5. The summed E-state index contributed by atoms with van der Waals surface area (Å²) in [5.74, 6) is -0.579. The van der Waals surface area contributed by atoms with Gasteiger partial charge in [0.2, 0.25) is 21.8 Å². The molecule has 0 aliphatic carbocycles. The average molecular weight is 476 g/mol. The second-order valence-corrected chi connectivity index (χ2v) is 10.5.